The molecule has 0 unspecified atom stereocenters. The van der Waals surface area contributed by atoms with E-state index in [4.69, 9.17) is 5.11 Å². The SMILES string of the molecule is O=C(Nc1[nH]ncc1C(=O)O)c1cccs1. The molecule has 16 heavy (non-hydrogen) atoms. The fourth-order valence-electron chi connectivity index (χ4n) is 1.13. The fourth-order valence-corrected chi connectivity index (χ4v) is 1.75. The first-order valence-corrected chi connectivity index (χ1v) is 5.18. The molecule has 0 bridgehead atoms. The number of carbonyl (C=O) groups is 2. The van der Waals surface area contributed by atoms with Crippen LogP contribution in [0.4, 0.5) is 5.82 Å². The predicted molar refractivity (Wildman–Crippen MR) is 57.8 cm³/mol. The lowest BCUT2D eigenvalue weighted by Gasteiger charge is -2.00. The van der Waals surface area contributed by atoms with Crippen LogP contribution in [0.1, 0.15) is 20.0 Å². The number of carboxylic acids is 1. The Bertz CT molecular complexity index is 518. The Balaban J connectivity index is 2.18. The minimum atomic E-state index is -1.14. The lowest BCUT2D eigenvalue weighted by atomic mass is 10.3. The van der Waals surface area contributed by atoms with Crippen LogP contribution in [-0.2, 0) is 0 Å². The molecule has 6 nitrogen and oxygen atoms in total. The van der Waals surface area contributed by atoms with E-state index in [0.717, 1.165) is 6.20 Å². The number of thiophene rings is 1. The van der Waals surface area contributed by atoms with Gasteiger partial charge in [0.25, 0.3) is 5.91 Å². The number of aromatic carboxylic acids is 1. The van der Waals surface area contributed by atoms with Crippen LogP contribution in [-0.4, -0.2) is 27.2 Å². The zero-order valence-electron chi connectivity index (χ0n) is 7.93. The summed E-state index contributed by atoms with van der Waals surface area (Å²) >= 11 is 1.27. The second kappa shape index (κ2) is 4.15. The van der Waals surface area contributed by atoms with Crippen molar-refractivity contribution in [3.63, 3.8) is 0 Å². The number of carbonyl (C=O) groups excluding carboxylic acids is 1. The lowest BCUT2D eigenvalue weighted by molar-refractivity contribution is 0.0698. The molecular weight excluding hydrogens is 230 g/mol. The summed E-state index contributed by atoms with van der Waals surface area (Å²) in [6.07, 6.45) is 1.15. The van der Waals surface area contributed by atoms with Gasteiger partial charge in [-0.2, -0.15) is 5.10 Å². The summed E-state index contributed by atoms with van der Waals surface area (Å²) in [6.45, 7) is 0. The lowest BCUT2D eigenvalue weighted by Crippen LogP contribution is -2.13. The predicted octanol–water partition coefficient (Wildman–Crippen LogP) is 1.42. The van der Waals surface area contributed by atoms with Gasteiger partial charge in [-0.15, -0.1) is 11.3 Å². The van der Waals surface area contributed by atoms with Gasteiger partial charge in [0.2, 0.25) is 0 Å². The molecule has 82 valence electrons. The third-order valence-electron chi connectivity index (χ3n) is 1.85. The number of aromatic amines is 1. The number of carboxylic acid groups (broad SMARTS) is 1. The quantitative estimate of drug-likeness (QED) is 0.752. The van der Waals surface area contributed by atoms with Gasteiger partial charge in [0.1, 0.15) is 11.4 Å². The molecule has 0 saturated heterocycles. The van der Waals surface area contributed by atoms with E-state index in [-0.39, 0.29) is 17.3 Å². The Morgan fingerprint density at radius 1 is 1.50 bits per heavy atom. The Morgan fingerprint density at radius 3 is 2.94 bits per heavy atom. The number of hydrogen-bond acceptors (Lipinski definition) is 4. The number of nitrogens with zero attached hydrogens (tertiary/aromatic N) is 1. The standard InChI is InChI=1S/C9H7N3O3S/c13-8(6-2-1-3-16-6)11-7-5(9(14)15)4-10-12-7/h1-4H,(H,14,15)(H2,10,11,12,13). The molecule has 0 spiro atoms. The van der Waals surface area contributed by atoms with Crippen molar-refractivity contribution in [1.29, 1.82) is 0 Å². The van der Waals surface area contributed by atoms with Crippen LogP contribution >= 0.6 is 11.3 Å². The molecule has 0 aliphatic heterocycles. The highest BCUT2D eigenvalue weighted by atomic mass is 32.1. The van der Waals surface area contributed by atoms with Crippen molar-refractivity contribution in [2.75, 3.05) is 5.32 Å². The van der Waals surface area contributed by atoms with Crippen LogP contribution in [0.5, 0.6) is 0 Å². The molecule has 2 aromatic rings. The first-order valence-electron chi connectivity index (χ1n) is 4.30. The van der Waals surface area contributed by atoms with E-state index < -0.39 is 5.97 Å². The molecule has 7 heteroatoms. The normalized spacial score (nSPS) is 10.0. The number of anilines is 1. The third-order valence-corrected chi connectivity index (χ3v) is 2.72. The van der Waals surface area contributed by atoms with Crippen molar-refractivity contribution in [3.8, 4) is 0 Å². The molecule has 2 aromatic heterocycles. The number of hydrogen-bond donors (Lipinski definition) is 3. The number of H-pyrrole nitrogens is 1. The van der Waals surface area contributed by atoms with Crippen molar-refractivity contribution in [3.05, 3.63) is 34.2 Å². The summed E-state index contributed by atoms with van der Waals surface area (Å²) in [4.78, 5) is 22.9. The molecule has 0 aliphatic rings. The van der Waals surface area contributed by atoms with E-state index >= 15 is 0 Å². The highest BCUT2D eigenvalue weighted by Gasteiger charge is 2.15. The van der Waals surface area contributed by atoms with Crippen LogP contribution in [0, 0.1) is 0 Å². The largest absolute Gasteiger partial charge is 0.477 e. The summed E-state index contributed by atoms with van der Waals surface area (Å²) in [5, 5.41) is 19.0. The van der Waals surface area contributed by atoms with Crippen LogP contribution in [0.25, 0.3) is 0 Å². The summed E-state index contributed by atoms with van der Waals surface area (Å²) in [6, 6.07) is 3.39. The molecule has 3 N–H and O–H groups in total. The Hall–Kier alpha value is -2.15. The van der Waals surface area contributed by atoms with E-state index in [1.165, 1.54) is 11.3 Å². The average Bonchev–Trinajstić information content (AvgIpc) is 2.86. The molecule has 0 radical (unpaired) electrons. The molecule has 0 aromatic carbocycles. The van der Waals surface area contributed by atoms with Crippen LogP contribution in [0.3, 0.4) is 0 Å². The van der Waals surface area contributed by atoms with Crippen LogP contribution in [0.15, 0.2) is 23.7 Å². The fraction of sp³-hybridized carbons (Fsp3) is 0. The van der Waals surface area contributed by atoms with Gasteiger partial charge in [-0.1, -0.05) is 6.07 Å². The molecular formula is C9H7N3O3S. The summed E-state index contributed by atoms with van der Waals surface area (Å²) < 4.78 is 0. The van der Waals surface area contributed by atoms with Crippen molar-refractivity contribution in [2.24, 2.45) is 0 Å². The summed E-state index contributed by atoms with van der Waals surface area (Å²) in [5.74, 6) is -1.41. The van der Waals surface area contributed by atoms with Crippen molar-refractivity contribution < 1.29 is 14.7 Å². The first-order chi connectivity index (χ1) is 7.68. The van der Waals surface area contributed by atoms with Crippen LogP contribution in [0.2, 0.25) is 0 Å². The molecule has 0 fully saturated rings. The van der Waals surface area contributed by atoms with E-state index in [0.29, 0.717) is 4.88 Å². The zero-order chi connectivity index (χ0) is 11.5. The number of aromatic nitrogens is 2. The van der Waals surface area contributed by atoms with Gasteiger partial charge >= 0.3 is 5.97 Å². The van der Waals surface area contributed by atoms with Crippen molar-refractivity contribution >= 4 is 29.0 Å². The second-order valence-electron chi connectivity index (χ2n) is 2.90. The first kappa shape index (κ1) is 10.4. The third kappa shape index (κ3) is 1.94. The molecule has 0 aliphatic carbocycles. The van der Waals surface area contributed by atoms with Crippen LogP contribution < -0.4 is 5.32 Å². The molecule has 0 saturated carbocycles. The second-order valence-corrected chi connectivity index (χ2v) is 3.84. The smallest absolute Gasteiger partial charge is 0.341 e. The monoisotopic (exact) mass is 237 g/mol. The molecule has 0 atom stereocenters. The molecule has 2 heterocycles. The van der Waals surface area contributed by atoms with Gasteiger partial charge in [-0.05, 0) is 11.4 Å². The van der Waals surface area contributed by atoms with E-state index in [1.807, 2.05) is 0 Å². The Morgan fingerprint density at radius 2 is 2.31 bits per heavy atom. The average molecular weight is 237 g/mol. The van der Waals surface area contributed by atoms with Crippen molar-refractivity contribution in [2.45, 2.75) is 0 Å². The maximum Gasteiger partial charge on any atom is 0.341 e. The van der Waals surface area contributed by atoms with Gasteiger partial charge < -0.3 is 10.4 Å². The van der Waals surface area contributed by atoms with Gasteiger partial charge in [0.15, 0.2) is 0 Å². The Kier molecular flexibility index (Phi) is 2.69. The number of nitrogens with one attached hydrogen (secondary N) is 2. The van der Waals surface area contributed by atoms with Gasteiger partial charge in [-0.25, -0.2) is 4.79 Å². The summed E-state index contributed by atoms with van der Waals surface area (Å²) in [7, 11) is 0. The minimum absolute atomic E-state index is 0.0649. The Labute approximate surface area is 93.9 Å². The molecule has 1 amide bonds. The van der Waals surface area contributed by atoms with Gasteiger partial charge in [0, 0.05) is 0 Å². The van der Waals surface area contributed by atoms with E-state index in [9.17, 15) is 9.59 Å². The van der Waals surface area contributed by atoms with Gasteiger partial charge in [-0.3, -0.25) is 9.89 Å². The minimum Gasteiger partial charge on any atom is -0.477 e. The van der Waals surface area contributed by atoms with E-state index in [2.05, 4.69) is 15.5 Å². The zero-order valence-corrected chi connectivity index (χ0v) is 8.75. The van der Waals surface area contributed by atoms with Crippen molar-refractivity contribution in [1.82, 2.24) is 10.2 Å². The number of rotatable bonds is 3. The van der Waals surface area contributed by atoms with Gasteiger partial charge in [0.05, 0.1) is 11.1 Å². The topological polar surface area (TPSA) is 95.1 Å². The highest BCUT2D eigenvalue weighted by Crippen LogP contribution is 2.14. The maximum atomic E-state index is 11.6. The number of amides is 1. The molecule has 2 rings (SSSR count). The maximum absolute atomic E-state index is 11.6. The van der Waals surface area contributed by atoms with E-state index in [1.54, 1.807) is 17.5 Å². The summed E-state index contributed by atoms with van der Waals surface area (Å²) in [5.41, 5.74) is -0.0649. The highest BCUT2D eigenvalue weighted by molar-refractivity contribution is 7.12.